The van der Waals surface area contributed by atoms with E-state index in [1.807, 2.05) is 41.2 Å². The zero-order chi connectivity index (χ0) is 16.7. The van der Waals surface area contributed by atoms with Crippen molar-refractivity contribution in [1.82, 2.24) is 9.78 Å². The van der Waals surface area contributed by atoms with Gasteiger partial charge in [-0.2, -0.15) is 5.10 Å². The summed E-state index contributed by atoms with van der Waals surface area (Å²) in [5.74, 6) is 0.104. The van der Waals surface area contributed by atoms with Gasteiger partial charge in [-0.25, -0.2) is 4.79 Å². The van der Waals surface area contributed by atoms with Crippen LogP contribution in [0, 0.1) is 11.3 Å². The molecule has 0 radical (unpaired) electrons. The van der Waals surface area contributed by atoms with Gasteiger partial charge in [0.15, 0.2) is 0 Å². The second kappa shape index (κ2) is 5.74. The van der Waals surface area contributed by atoms with Crippen LogP contribution in [0.4, 0.5) is 0 Å². The SMILES string of the molecule is CC1(C)[C@H]2OCC[C@H]2[C@@H]1OC(=O)c1ccc(Cn2cccn2)cc1. The highest BCUT2D eigenvalue weighted by atomic mass is 16.6. The Morgan fingerprint density at radius 1 is 1.38 bits per heavy atom. The molecule has 3 atom stereocenters. The third-order valence-corrected chi connectivity index (χ3v) is 5.32. The molecule has 0 amide bonds. The number of carbonyl (C=O) groups is 1. The Hall–Kier alpha value is -2.14. The molecule has 126 valence electrons. The number of ether oxygens (including phenoxy) is 2. The Bertz CT molecular complexity index is 722. The van der Waals surface area contributed by atoms with Crippen LogP contribution in [0.1, 0.15) is 36.2 Å². The van der Waals surface area contributed by atoms with Crippen molar-refractivity contribution < 1.29 is 14.3 Å². The van der Waals surface area contributed by atoms with Crippen LogP contribution in [0.5, 0.6) is 0 Å². The number of fused-ring (bicyclic) bond motifs is 1. The van der Waals surface area contributed by atoms with Crippen LogP contribution >= 0.6 is 0 Å². The topological polar surface area (TPSA) is 53.4 Å². The lowest BCUT2D eigenvalue weighted by molar-refractivity contribution is -0.183. The summed E-state index contributed by atoms with van der Waals surface area (Å²) in [6.07, 6.45) is 4.83. The van der Waals surface area contributed by atoms with E-state index in [0.29, 0.717) is 18.0 Å². The maximum Gasteiger partial charge on any atom is 0.338 e. The molecular formula is C19H22N2O3. The van der Waals surface area contributed by atoms with Gasteiger partial charge in [0.05, 0.1) is 18.2 Å². The first kappa shape index (κ1) is 15.4. The van der Waals surface area contributed by atoms with Gasteiger partial charge in [0, 0.05) is 30.3 Å². The van der Waals surface area contributed by atoms with E-state index in [0.717, 1.165) is 18.6 Å². The third kappa shape index (κ3) is 2.53. The smallest absolute Gasteiger partial charge is 0.338 e. The van der Waals surface area contributed by atoms with Gasteiger partial charge in [0.1, 0.15) is 6.10 Å². The highest BCUT2D eigenvalue weighted by Gasteiger charge is 2.61. The Balaban J connectivity index is 1.41. The van der Waals surface area contributed by atoms with E-state index in [-0.39, 0.29) is 23.6 Å². The van der Waals surface area contributed by atoms with E-state index in [2.05, 4.69) is 18.9 Å². The summed E-state index contributed by atoms with van der Waals surface area (Å²) in [6, 6.07) is 9.45. The average Bonchev–Trinajstić information content (AvgIpc) is 3.23. The van der Waals surface area contributed by atoms with Crippen LogP contribution in [0.3, 0.4) is 0 Å². The Morgan fingerprint density at radius 3 is 2.88 bits per heavy atom. The summed E-state index contributed by atoms with van der Waals surface area (Å²) in [4.78, 5) is 12.5. The van der Waals surface area contributed by atoms with Gasteiger partial charge >= 0.3 is 5.97 Å². The molecule has 5 nitrogen and oxygen atoms in total. The van der Waals surface area contributed by atoms with Crippen molar-refractivity contribution in [2.24, 2.45) is 11.3 Å². The molecule has 4 rings (SSSR count). The van der Waals surface area contributed by atoms with Gasteiger partial charge in [0.25, 0.3) is 0 Å². The number of nitrogens with zero attached hydrogens (tertiary/aromatic N) is 2. The molecule has 1 aromatic heterocycles. The molecule has 0 unspecified atom stereocenters. The van der Waals surface area contributed by atoms with Crippen LogP contribution in [0.2, 0.25) is 0 Å². The fourth-order valence-electron chi connectivity index (χ4n) is 4.03. The molecule has 2 aromatic rings. The van der Waals surface area contributed by atoms with Gasteiger partial charge < -0.3 is 9.47 Å². The molecule has 2 heterocycles. The van der Waals surface area contributed by atoms with E-state index in [4.69, 9.17) is 9.47 Å². The van der Waals surface area contributed by atoms with Crippen LogP contribution in [0.25, 0.3) is 0 Å². The number of hydrogen-bond acceptors (Lipinski definition) is 4. The fraction of sp³-hybridized carbons (Fsp3) is 0.474. The molecule has 1 aliphatic carbocycles. The maximum atomic E-state index is 12.5. The highest BCUT2D eigenvalue weighted by Crippen LogP contribution is 2.53. The second-order valence-corrected chi connectivity index (χ2v) is 7.29. The Morgan fingerprint density at radius 2 is 2.17 bits per heavy atom. The van der Waals surface area contributed by atoms with Gasteiger partial charge in [0.2, 0.25) is 0 Å². The predicted octanol–water partition coefficient (Wildman–Crippen LogP) is 2.90. The van der Waals surface area contributed by atoms with Crippen molar-refractivity contribution >= 4 is 5.97 Å². The largest absolute Gasteiger partial charge is 0.458 e. The second-order valence-electron chi connectivity index (χ2n) is 7.29. The molecule has 1 saturated heterocycles. The van der Waals surface area contributed by atoms with Gasteiger partial charge in [-0.3, -0.25) is 4.68 Å². The molecular weight excluding hydrogens is 304 g/mol. The number of benzene rings is 1. The minimum Gasteiger partial charge on any atom is -0.458 e. The summed E-state index contributed by atoms with van der Waals surface area (Å²) in [5.41, 5.74) is 1.59. The maximum absolute atomic E-state index is 12.5. The molecule has 0 N–H and O–H groups in total. The first-order valence-electron chi connectivity index (χ1n) is 8.44. The Kier molecular flexibility index (Phi) is 3.68. The summed E-state index contributed by atoms with van der Waals surface area (Å²) < 4.78 is 13.4. The van der Waals surface area contributed by atoms with Gasteiger partial charge in [-0.15, -0.1) is 0 Å². The molecule has 24 heavy (non-hydrogen) atoms. The van der Waals surface area contributed by atoms with Crippen LogP contribution < -0.4 is 0 Å². The minimum absolute atomic E-state index is 0.0544. The molecule has 0 spiro atoms. The molecule has 1 aliphatic heterocycles. The van der Waals surface area contributed by atoms with Gasteiger partial charge in [-0.1, -0.05) is 26.0 Å². The molecule has 2 fully saturated rings. The Labute approximate surface area is 141 Å². The van der Waals surface area contributed by atoms with E-state index in [9.17, 15) is 4.79 Å². The van der Waals surface area contributed by atoms with Crippen molar-refractivity contribution in [2.45, 2.75) is 39.0 Å². The van der Waals surface area contributed by atoms with Crippen molar-refractivity contribution in [2.75, 3.05) is 6.61 Å². The number of aromatic nitrogens is 2. The number of rotatable bonds is 4. The van der Waals surface area contributed by atoms with Crippen molar-refractivity contribution in [3.05, 3.63) is 53.9 Å². The first-order chi connectivity index (χ1) is 11.6. The van der Waals surface area contributed by atoms with Crippen molar-refractivity contribution in [3.63, 3.8) is 0 Å². The first-order valence-corrected chi connectivity index (χ1v) is 8.44. The zero-order valence-electron chi connectivity index (χ0n) is 14.0. The minimum atomic E-state index is -0.246. The van der Waals surface area contributed by atoms with E-state index in [1.54, 1.807) is 6.20 Å². The lowest BCUT2D eigenvalue weighted by atomic mass is 9.59. The highest BCUT2D eigenvalue weighted by molar-refractivity contribution is 5.89. The third-order valence-electron chi connectivity index (χ3n) is 5.32. The van der Waals surface area contributed by atoms with Gasteiger partial charge in [-0.05, 0) is 30.2 Å². The lowest BCUT2D eigenvalue weighted by Crippen LogP contribution is -2.61. The molecule has 1 aromatic carbocycles. The van der Waals surface area contributed by atoms with Crippen molar-refractivity contribution in [3.8, 4) is 0 Å². The molecule has 5 heteroatoms. The zero-order valence-corrected chi connectivity index (χ0v) is 14.0. The standard InChI is InChI=1S/C19H22N2O3/c1-19(2)16-15(8-11-23-16)17(19)24-18(22)14-6-4-13(5-7-14)12-21-10-3-9-20-21/h3-7,9-10,15-17H,8,11-12H2,1-2H3/t15-,16+,17+/m1/s1. The van der Waals surface area contributed by atoms with Crippen LogP contribution in [-0.2, 0) is 16.0 Å². The van der Waals surface area contributed by atoms with Crippen molar-refractivity contribution in [1.29, 1.82) is 0 Å². The normalized spacial score (nSPS) is 27.3. The summed E-state index contributed by atoms with van der Waals surface area (Å²) >= 11 is 0. The van der Waals surface area contributed by atoms with E-state index in [1.165, 1.54) is 0 Å². The van der Waals surface area contributed by atoms with E-state index >= 15 is 0 Å². The predicted molar refractivity (Wildman–Crippen MR) is 88.6 cm³/mol. The molecule has 2 aliphatic rings. The quantitative estimate of drug-likeness (QED) is 0.811. The van der Waals surface area contributed by atoms with Crippen LogP contribution in [0.15, 0.2) is 42.7 Å². The summed E-state index contributed by atoms with van der Waals surface area (Å²) in [5, 5.41) is 4.19. The molecule has 1 saturated carbocycles. The monoisotopic (exact) mass is 326 g/mol. The number of hydrogen-bond donors (Lipinski definition) is 0. The molecule has 0 bridgehead atoms. The number of esters is 1. The number of carbonyl (C=O) groups excluding carboxylic acids is 1. The van der Waals surface area contributed by atoms with Crippen LogP contribution in [-0.4, -0.2) is 34.6 Å². The lowest BCUT2D eigenvalue weighted by Gasteiger charge is -2.53. The average molecular weight is 326 g/mol. The summed E-state index contributed by atoms with van der Waals surface area (Å²) in [7, 11) is 0. The summed E-state index contributed by atoms with van der Waals surface area (Å²) in [6.45, 7) is 5.70. The van der Waals surface area contributed by atoms with E-state index < -0.39 is 0 Å². The fourth-order valence-corrected chi connectivity index (χ4v) is 4.03.